The van der Waals surface area contributed by atoms with E-state index >= 15 is 0 Å². The lowest BCUT2D eigenvalue weighted by molar-refractivity contribution is -0.130. The van der Waals surface area contributed by atoms with Gasteiger partial charge in [0, 0.05) is 11.7 Å². The van der Waals surface area contributed by atoms with Crippen molar-refractivity contribution in [1.82, 2.24) is 10.3 Å². The van der Waals surface area contributed by atoms with Crippen molar-refractivity contribution >= 4 is 17.8 Å². The summed E-state index contributed by atoms with van der Waals surface area (Å²) in [5, 5.41) is 2.98. The maximum absolute atomic E-state index is 12.4. The highest BCUT2D eigenvalue weighted by Crippen LogP contribution is 2.24. The van der Waals surface area contributed by atoms with Gasteiger partial charge in [0.25, 0.3) is 5.91 Å². The average Bonchev–Trinajstić information content (AvgIpc) is 2.90. The molecule has 0 radical (unpaired) electrons. The van der Waals surface area contributed by atoms with Gasteiger partial charge >= 0.3 is 11.9 Å². The van der Waals surface area contributed by atoms with Gasteiger partial charge in [0.15, 0.2) is 6.10 Å². The predicted molar refractivity (Wildman–Crippen MR) is 96.0 cm³/mol. The third-order valence-corrected chi connectivity index (χ3v) is 5.12. The number of aromatic nitrogens is 1. The molecule has 0 aromatic carbocycles. The fraction of sp³-hybridized carbons (Fsp3) is 0.632. The topological polar surface area (TPSA) is 97.5 Å². The number of esters is 2. The molecule has 1 heterocycles. The van der Waals surface area contributed by atoms with Crippen LogP contribution in [0.1, 0.15) is 71.6 Å². The Labute approximate surface area is 153 Å². The van der Waals surface area contributed by atoms with Gasteiger partial charge in [0.2, 0.25) is 0 Å². The van der Waals surface area contributed by atoms with Gasteiger partial charge in [-0.2, -0.15) is 0 Å². The van der Waals surface area contributed by atoms with Crippen LogP contribution in [0.4, 0.5) is 0 Å². The van der Waals surface area contributed by atoms with Gasteiger partial charge < -0.3 is 19.8 Å². The molecule has 1 aliphatic carbocycles. The second-order valence-electron chi connectivity index (χ2n) is 7.04. The van der Waals surface area contributed by atoms with Crippen LogP contribution in [-0.4, -0.2) is 42.1 Å². The molecule has 2 rings (SSSR count). The van der Waals surface area contributed by atoms with Crippen LogP contribution in [-0.2, 0) is 14.3 Å². The summed E-state index contributed by atoms with van der Waals surface area (Å²) >= 11 is 0. The third kappa shape index (κ3) is 4.26. The first-order chi connectivity index (χ1) is 12.3. The van der Waals surface area contributed by atoms with E-state index in [1.807, 2.05) is 0 Å². The molecule has 144 valence electrons. The minimum Gasteiger partial charge on any atom is -0.465 e. The highest BCUT2D eigenvalue weighted by Gasteiger charge is 2.28. The smallest absolute Gasteiger partial charge is 0.355 e. The summed E-state index contributed by atoms with van der Waals surface area (Å²) in [6, 6.07) is 0.123. The Morgan fingerprint density at radius 1 is 1.15 bits per heavy atom. The van der Waals surface area contributed by atoms with Gasteiger partial charge in [-0.3, -0.25) is 4.79 Å². The summed E-state index contributed by atoms with van der Waals surface area (Å²) in [7, 11) is 1.28. The normalized spacial score (nSPS) is 21.0. The van der Waals surface area contributed by atoms with E-state index in [4.69, 9.17) is 9.47 Å². The summed E-state index contributed by atoms with van der Waals surface area (Å²) in [5.74, 6) is -1.06. The number of aryl methyl sites for hydroxylation is 1. The van der Waals surface area contributed by atoms with Gasteiger partial charge in [0.05, 0.1) is 12.7 Å². The van der Waals surface area contributed by atoms with E-state index in [1.165, 1.54) is 13.5 Å². The summed E-state index contributed by atoms with van der Waals surface area (Å²) in [5.41, 5.74) is 1.45. The summed E-state index contributed by atoms with van der Waals surface area (Å²) in [6.07, 6.45) is 3.41. The van der Waals surface area contributed by atoms with E-state index in [2.05, 4.69) is 17.2 Å². The fourth-order valence-corrected chi connectivity index (χ4v) is 3.47. The Morgan fingerprint density at radius 3 is 2.42 bits per heavy atom. The Hall–Kier alpha value is -2.31. The summed E-state index contributed by atoms with van der Waals surface area (Å²) in [6.45, 7) is 6.99. The quantitative estimate of drug-likeness (QED) is 0.783. The van der Waals surface area contributed by atoms with Crippen LogP contribution < -0.4 is 5.32 Å². The van der Waals surface area contributed by atoms with E-state index in [0.29, 0.717) is 22.7 Å². The average molecular weight is 364 g/mol. The molecule has 1 fully saturated rings. The van der Waals surface area contributed by atoms with Crippen LogP contribution in [0.5, 0.6) is 0 Å². The van der Waals surface area contributed by atoms with Gasteiger partial charge in [-0.05, 0) is 45.1 Å². The van der Waals surface area contributed by atoms with Crippen LogP contribution in [0, 0.1) is 19.8 Å². The number of carbonyl (C=O) groups is 3. The lowest BCUT2D eigenvalue weighted by atomic mass is 9.86. The van der Waals surface area contributed by atoms with Crippen molar-refractivity contribution < 1.29 is 23.9 Å². The second-order valence-corrected chi connectivity index (χ2v) is 7.04. The minimum absolute atomic E-state index is 0.123. The van der Waals surface area contributed by atoms with Crippen LogP contribution in [0.2, 0.25) is 0 Å². The zero-order valence-corrected chi connectivity index (χ0v) is 16.1. The molecule has 26 heavy (non-hydrogen) atoms. The van der Waals surface area contributed by atoms with Crippen molar-refractivity contribution in [1.29, 1.82) is 0 Å². The molecule has 2 N–H and O–H groups in total. The highest BCUT2D eigenvalue weighted by molar-refractivity contribution is 5.99. The molecule has 3 atom stereocenters. The van der Waals surface area contributed by atoms with Gasteiger partial charge in [-0.15, -0.1) is 0 Å². The maximum Gasteiger partial charge on any atom is 0.355 e. The van der Waals surface area contributed by atoms with Crippen molar-refractivity contribution in [3.63, 3.8) is 0 Å². The molecule has 1 aromatic rings. The zero-order chi connectivity index (χ0) is 19.4. The summed E-state index contributed by atoms with van der Waals surface area (Å²) < 4.78 is 10.0. The number of carbonyl (C=O) groups excluding carboxylic acids is 3. The molecule has 1 aromatic heterocycles. The molecule has 0 saturated heterocycles. The van der Waals surface area contributed by atoms with Crippen LogP contribution in [0.3, 0.4) is 0 Å². The standard InChI is InChI=1S/C19H28N2O5/c1-10-8-6-7-9-14(10)21-17(22)13(4)26-19(24)16-11(2)15(12(3)20-16)18(23)25-5/h10,13-14,20H,6-9H2,1-5H3,(H,21,22)/t10-,13-,14+/m0/s1. The highest BCUT2D eigenvalue weighted by atomic mass is 16.5. The first-order valence-electron chi connectivity index (χ1n) is 9.05. The molecule has 1 aliphatic rings. The van der Waals surface area contributed by atoms with Crippen LogP contribution in [0.25, 0.3) is 0 Å². The number of hydrogen-bond donors (Lipinski definition) is 2. The maximum atomic E-state index is 12.4. The Bertz CT molecular complexity index is 694. The van der Waals surface area contributed by atoms with Crippen molar-refractivity contribution in [3.8, 4) is 0 Å². The molecule has 0 bridgehead atoms. The number of nitrogens with one attached hydrogen (secondary N) is 2. The van der Waals surface area contributed by atoms with E-state index in [1.54, 1.807) is 20.8 Å². The van der Waals surface area contributed by atoms with E-state index < -0.39 is 18.0 Å². The van der Waals surface area contributed by atoms with E-state index in [9.17, 15) is 14.4 Å². The molecule has 7 heteroatoms. The zero-order valence-electron chi connectivity index (χ0n) is 16.1. The second kappa shape index (κ2) is 8.38. The Morgan fingerprint density at radius 2 is 1.81 bits per heavy atom. The monoisotopic (exact) mass is 364 g/mol. The SMILES string of the molecule is COC(=O)c1c(C)[nH]c(C(=O)O[C@@H](C)C(=O)N[C@@H]2CCCC[C@@H]2C)c1C. The third-order valence-electron chi connectivity index (χ3n) is 5.12. The molecule has 0 aliphatic heterocycles. The molecule has 1 saturated carbocycles. The number of hydrogen-bond acceptors (Lipinski definition) is 5. The first-order valence-corrected chi connectivity index (χ1v) is 9.05. The van der Waals surface area contributed by atoms with Gasteiger partial charge in [0.1, 0.15) is 5.69 Å². The largest absolute Gasteiger partial charge is 0.465 e. The number of ether oxygens (including phenoxy) is 2. The van der Waals surface area contributed by atoms with Crippen molar-refractivity contribution in [2.45, 2.75) is 65.5 Å². The van der Waals surface area contributed by atoms with Crippen LogP contribution >= 0.6 is 0 Å². The van der Waals surface area contributed by atoms with Gasteiger partial charge in [-0.1, -0.05) is 19.8 Å². The van der Waals surface area contributed by atoms with E-state index in [0.717, 1.165) is 19.3 Å². The lowest BCUT2D eigenvalue weighted by Gasteiger charge is -2.30. The molecule has 0 spiro atoms. The molecular formula is C19H28N2O5. The number of amides is 1. The number of H-pyrrole nitrogens is 1. The van der Waals surface area contributed by atoms with Crippen LogP contribution in [0.15, 0.2) is 0 Å². The van der Waals surface area contributed by atoms with Crippen molar-refractivity contribution in [2.75, 3.05) is 7.11 Å². The lowest BCUT2D eigenvalue weighted by Crippen LogP contribution is -2.46. The Kier molecular flexibility index (Phi) is 6.45. The Balaban J connectivity index is 2.02. The fourth-order valence-electron chi connectivity index (χ4n) is 3.47. The van der Waals surface area contributed by atoms with Gasteiger partial charge in [-0.25, -0.2) is 9.59 Å². The first kappa shape index (κ1) is 20.0. The molecule has 0 unspecified atom stereocenters. The number of aromatic amines is 1. The summed E-state index contributed by atoms with van der Waals surface area (Å²) in [4.78, 5) is 39.5. The van der Waals surface area contributed by atoms with Crippen molar-refractivity contribution in [3.05, 3.63) is 22.5 Å². The molecule has 7 nitrogen and oxygen atoms in total. The predicted octanol–water partition coefficient (Wildman–Crippen LogP) is 2.66. The number of methoxy groups -OCH3 is 1. The molecular weight excluding hydrogens is 336 g/mol. The van der Waals surface area contributed by atoms with Crippen molar-refractivity contribution in [2.24, 2.45) is 5.92 Å². The number of rotatable bonds is 5. The minimum atomic E-state index is -0.916. The van der Waals surface area contributed by atoms with E-state index in [-0.39, 0.29) is 17.6 Å². The molecule has 1 amide bonds.